The molecule has 0 spiro atoms. The number of ether oxygens (including phenoxy) is 1. The summed E-state index contributed by atoms with van der Waals surface area (Å²) in [5.41, 5.74) is 0.574. The fourth-order valence-corrected chi connectivity index (χ4v) is 3.49. The van der Waals surface area contributed by atoms with Gasteiger partial charge in [-0.3, -0.25) is 14.3 Å². The van der Waals surface area contributed by atoms with Crippen molar-refractivity contribution in [1.82, 2.24) is 19.7 Å². The smallest absolute Gasteiger partial charge is 0.406 e. The molecule has 1 amide bonds. The first-order valence-electron chi connectivity index (χ1n) is 8.70. The summed E-state index contributed by atoms with van der Waals surface area (Å²) in [5.74, 6) is -1.16. The molecular weight excluding hydrogens is 481 g/mol. The quantitative estimate of drug-likeness (QED) is 0.355. The largest absolute Gasteiger partial charge is 0.433 e. The van der Waals surface area contributed by atoms with Gasteiger partial charge in [0.05, 0.1) is 10.8 Å². The predicted molar refractivity (Wildman–Crippen MR) is 107 cm³/mol. The molecule has 0 radical (unpaired) electrons. The minimum absolute atomic E-state index is 0.0194. The SMILES string of the molecule is O=C(CSc1nnc(-c2ccncc2)n1CC(F)(F)F)Nc1ccc(OC(F)F)c(Cl)c1. The Kier molecular flexibility index (Phi) is 7.51. The van der Waals surface area contributed by atoms with Crippen molar-refractivity contribution in [3.05, 3.63) is 47.7 Å². The van der Waals surface area contributed by atoms with Crippen molar-refractivity contribution in [3.63, 3.8) is 0 Å². The van der Waals surface area contributed by atoms with Gasteiger partial charge in [-0.25, -0.2) is 0 Å². The van der Waals surface area contributed by atoms with E-state index in [2.05, 4.69) is 25.2 Å². The van der Waals surface area contributed by atoms with Gasteiger partial charge < -0.3 is 10.1 Å². The van der Waals surface area contributed by atoms with Crippen LogP contribution >= 0.6 is 23.4 Å². The average molecular weight is 494 g/mol. The zero-order chi connectivity index (χ0) is 23.3. The second kappa shape index (κ2) is 10.1. The predicted octanol–water partition coefficient (Wildman–Crippen LogP) is 4.89. The summed E-state index contributed by atoms with van der Waals surface area (Å²) in [6.07, 6.45) is -1.73. The number of aromatic nitrogens is 4. The molecule has 2 heterocycles. The standard InChI is InChI=1S/C18H13ClF5N5O2S/c19-12-7-11(1-2-13(12)31-16(20)21)26-14(30)8-32-17-28-27-15(10-3-5-25-6-4-10)29(17)9-18(22,23)24/h1-7,16H,8-9H2,(H,26,30). The molecule has 0 fully saturated rings. The summed E-state index contributed by atoms with van der Waals surface area (Å²) < 4.78 is 68.9. The van der Waals surface area contributed by atoms with Gasteiger partial charge in [-0.2, -0.15) is 22.0 Å². The molecule has 0 atom stereocenters. The molecule has 32 heavy (non-hydrogen) atoms. The molecule has 0 aliphatic rings. The van der Waals surface area contributed by atoms with E-state index in [9.17, 15) is 26.7 Å². The van der Waals surface area contributed by atoms with Crippen molar-refractivity contribution >= 4 is 35.0 Å². The third-order valence-corrected chi connectivity index (χ3v) is 5.02. The maximum Gasteiger partial charge on any atom is 0.406 e. The summed E-state index contributed by atoms with van der Waals surface area (Å²) in [7, 11) is 0. The van der Waals surface area contributed by atoms with Crippen LogP contribution in [0.3, 0.4) is 0 Å². The summed E-state index contributed by atoms with van der Waals surface area (Å²) in [5, 5.41) is 9.80. The summed E-state index contributed by atoms with van der Waals surface area (Å²) in [6, 6.07) is 6.62. The lowest BCUT2D eigenvalue weighted by Crippen LogP contribution is -2.20. The third-order valence-electron chi connectivity index (χ3n) is 3.76. The summed E-state index contributed by atoms with van der Waals surface area (Å²) in [6.45, 7) is -4.40. The van der Waals surface area contributed by atoms with Gasteiger partial charge in [-0.1, -0.05) is 23.4 Å². The maximum absolute atomic E-state index is 13.1. The molecule has 14 heteroatoms. The van der Waals surface area contributed by atoms with E-state index in [-0.39, 0.29) is 33.2 Å². The van der Waals surface area contributed by atoms with Crippen molar-refractivity contribution in [2.75, 3.05) is 11.1 Å². The molecule has 0 aliphatic carbocycles. The van der Waals surface area contributed by atoms with Crippen molar-refractivity contribution in [3.8, 4) is 17.1 Å². The Morgan fingerprint density at radius 1 is 1.19 bits per heavy atom. The number of hydrogen-bond donors (Lipinski definition) is 1. The highest BCUT2D eigenvalue weighted by Gasteiger charge is 2.31. The highest BCUT2D eigenvalue weighted by Crippen LogP contribution is 2.30. The van der Waals surface area contributed by atoms with Crippen LogP contribution in [0.2, 0.25) is 5.02 Å². The van der Waals surface area contributed by atoms with Crippen LogP contribution in [0.5, 0.6) is 5.75 Å². The molecule has 0 unspecified atom stereocenters. The van der Waals surface area contributed by atoms with Crippen LogP contribution in [0.4, 0.5) is 27.6 Å². The molecular formula is C18H13ClF5N5O2S. The van der Waals surface area contributed by atoms with Crippen molar-refractivity contribution in [2.45, 2.75) is 24.5 Å². The van der Waals surface area contributed by atoms with E-state index in [0.717, 1.165) is 22.4 Å². The fraction of sp³-hybridized carbons (Fsp3) is 0.222. The van der Waals surface area contributed by atoms with Crippen molar-refractivity contribution in [1.29, 1.82) is 0 Å². The lowest BCUT2D eigenvalue weighted by Gasteiger charge is -2.13. The first-order chi connectivity index (χ1) is 15.1. The van der Waals surface area contributed by atoms with Crippen LogP contribution < -0.4 is 10.1 Å². The number of nitrogens with one attached hydrogen (secondary N) is 1. The van der Waals surface area contributed by atoms with Gasteiger partial charge in [0.25, 0.3) is 0 Å². The number of amides is 1. The first-order valence-corrected chi connectivity index (χ1v) is 10.1. The molecule has 0 saturated carbocycles. The van der Waals surface area contributed by atoms with Crippen LogP contribution in [0, 0.1) is 0 Å². The van der Waals surface area contributed by atoms with E-state index in [0.29, 0.717) is 5.56 Å². The van der Waals surface area contributed by atoms with E-state index in [1.54, 1.807) is 0 Å². The normalized spacial score (nSPS) is 11.6. The van der Waals surface area contributed by atoms with E-state index in [1.165, 1.54) is 36.7 Å². The number of thioether (sulfide) groups is 1. The Bertz CT molecular complexity index is 1080. The molecule has 0 saturated heterocycles. The maximum atomic E-state index is 13.1. The number of halogens is 6. The number of hydrogen-bond acceptors (Lipinski definition) is 6. The number of benzene rings is 1. The second-order valence-corrected chi connectivity index (χ2v) is 7.45. The van der Waals surface area contributed by atoms with Crippen molar-refractivity contribution < 1.29 is 31.5 Å². The summed E-state index contributed by atoms with van der Waals surface area (Å²) in [4.78, 5) is 16.0. The van der Waals surface area contributed by atoms with Gasteiger partial charge in [-0.05, 0) is 30.3 Å². The molecule has 0 aliphatic heterocycles. The molecule has 0 bridgehead atoms. The number of rotatable bonds is 8. The minimum Gasteiger partial charge on any atom is -0.433 e. The molecule has 3 aromatic rings. The number of carbonyl (C=O) groups is 1. The zero-order valence-electron chi connectivity index (χ0n) is 15.8. The Morgan fingerprint density at radius 3 is 2.53 bits per heavy atom. The second-order valence-electron chi connectivity index (χ2n) is 6.10. The number of nitrogens with zero attached hydrogens (tertiary/aromatic N) is 4. The highest BCUT2D eigenvalue weighted by atomic mass is 35.5. The molecule has 1 N–H and O–H groups in total. The molecule has 170 valence electrons. The van der Waals surface area contributed by atoms with Gasteiger partial charge >= 0.3 is 12.8 Å². The van der Waals surface area contributed by atoms with Crippen LogP contribution in [0.1, 0.15) is 0 Å². The van der Waals surface area contributed by atoms with Gasteiger partial charge in [0.15, 0.2) is 11.0 Å². The monoisotopic (exact) mass is 493 g/mol. The number of anilines is 1. The van der Waals surface area contributed by atoms with Gasteiger partial charge in [0.2, 0.25) is 5.91 Å². The lowest BCUT2D eigenvalue weighted by atomic mass is 10.2. The zero-order valence-corrected chi connectivity index (χ0v) is 17.4. The molecule has 2 aromatic heterocycles. The number of alkyl halides is 5. The van der Waals surface area contributed by atoms with Gasteiger partial charge in [0, 0.05) is 23.6 Å². The lowest BCUT2D eigenvalue weighted by molar-refractivity contribution is -0.141. The third kappa shape index (κ3) is 6.53. The summed E-state index contributed by atoms with van der Waals surface area (Å²) >= 11 is 6.58. The van der Waals surface area contributed by atoms with Gasteiger partial charge in [-0.15, -0.1) is 10.2 Å². The Balaban J connectivity index is 1.70. The van der Waals surface area contributed by atoms with Crippen LogP contribution in [0.25, 0.3) is 11.4 Å². The Morgan fingerprint density at radius 2 is 1.91 bits per heavy atom. The van der Waals surface area contributed by atoms with Crippen molar-refractivity contribution in [2.24, 2.45) is 0 Å². The Hall–Kier alpha value is -2.93. The van der Waals surface area contributed by atoms with Gasteiger partial charge in [0.1, 0.15) is 12.3 Å². The molecule has 1 aromatic carbocycles. The van der Waals surface area contributed by atoms with E-state index >= 15 is 0 Å². The van der Waals surface area contributed by atoms with E-state index < -0.39 is 25.2 Å². The first kappa shape index (κ1) is 23.7. The fourth-order valence-electron chi connectivity index (χ4n) is 2.53. The number of pyridine rings is 1. The molecule has 3 rings (SSSR count). The highest BCUT2D eigenvalue weighted by molar-refractivity contribution is 7.99. The Labute approximate surface area is 186 Å². The minimum atomic E-state index is -4.54. The van der Waals surface area contributed by atoms with E-state index in [1.807, 2.05) is 0 Å². The topological polar surface area (TPSA) is 81.9 Å². The average Bonchev–Trinajstić information content (AvgIpc) is 3.09. The van der Waals surface area contributed by atoms with Crippen LogP contribution in [0.15, 0.2) is 47.9 Å². The van der Waals surface area contributed by atoms with Crippen LogP contribution in [-0.2, 0) is 11.3 Å². The number of carbonyl (C=O) groups excluding carboxylic acids is 1. The van der Waals surface area contributed by atoms with E-state index in [4.69, 9.17) is 11.6 Å². The molecule has 7 nitrogen and oxygen atoms in total. The van der Waals surface area contributed by atoms with Crippen LogP contribution in [-0.4, -0.2) is 44.2 Å².